The van der Waals surface area contributed by atoms with Crippen LogP contribution in [-0.4, -0.2) is 48.6 Å². The van der Waals surface area contributed by atoms with E-state index in [0.717, 1.165) is 13.0 Å². The van der Waals surface area contributed by atoms with E-state index >= 15 is 0 Å². The Kier molecular flexibility index (Phi) is 22.9. The molecule has 0 rings (SSSR count). The van der Waals surface area contributed by atoms with Gasteiger partial charge in [-0.2, -0.15) is 6.42 Å². The van der Waals surface area contributed by atoms with Crippen molar-refractivity contribution in [2.75, 3.05) is 20.6 Å². The molecule has 0 saturated carbocycles. The topological polar surface area (TPSA) is 3.24 Å². The summed E-state index contributed by atoms with van der Waals surface area (Å²) in [6, 6.07) is 0. The van der Waals surface area contributed by atoms with Crippen molar-refractivity contribution in [2.45, 2.75) is 6.42 Å². The van der Waals surface area contributed by atoms with E-state index in [9.17, 15) is 0 Å². The average Bonchev–Trinajstić information content (AvgIpc) is 1.35. The van der Waals surface area contributed by atoms with Crippen molar-refractivity contribution in [3.63, 3.8) is 0 Å². The molecular weight excluding hydrogens is 225 g/mol. The summed E-state index contributed by atoms with van der Waals surface area (Å²) < 4.78 is 0. The maximum atomic E-state index is 3.68. The molecule has 0 aromatic carbocycles. The minimum atomic E-state index is 0. The molecule has 0 aromatic heterocycles. The van der Waals surface area contributed by atoms with E-state index in [2.05, 4.69) is 11.8 Å². The van der Waals surface area contributed by atoms with Crippen LogP contribution in [0.1, 0.15) is 6.42 Å². The summed E-state index contributed by atoms with van der Waals surface area (Å²) in [5, 5.41) is 0. The van der Waals surface area contributed by atoms with Crippen molar-refractivity contribution in [3.05, 3.63) is 6.92 Å². The predicted octanol–water partition coefficient (Wildman–Crippen LogP) is -2.60. The van der Waals surface area contributed by atoms with Crippen molar-refractivity contribution in [2.24, 2.45) is 0 Å². The Hall–Kier alpha value is 1.46. The van der Waals surface area contributed by atoms with Gasteiger partial charge in [0.15, 0.2) is 0 Å². The Balaban J connectivity index is -0.000000125. The van der Waals surface area contributed by atoms with Gasteiger partial charge in [-0.3, -0.25) is 0 Å². The fourth-order valence-electron chi connectivity index (χ4n) is 0.316. The molecule has 0 N–H and O–H groups in total. The SMILES string of the molecule is [CH2-]CCN(C)C.[I-].[Mg+2]. The van der Waals surface area contributed by atoms with Crippen molar-refractivity contribution >= 4 is 23.1 Å². The molecule has 0 aromatic rings. The predicted molar refractivity (Wildman–Crippen MR) is 34.3 cm³/mol. The monoisotopic (exact) mass is 237 g/mol. The first-order valence-corrected chi connectivity index (χ1v) is 2.21. The molecule has 0 heterocycles. The maximum Gasteiger partial charge on any atom is 2.00 e. The number of halogens is 1. The zero-order valence-corrected chi connectivity index (χ0v) is 9.23. The Bertz CT molecular complexity index is 33.6. The Morgan fingerprint density at radius 2 is 1.75 bits per heavy atom. The molecule has 3 heteroatoms. The van der Waals surface area contributed by atoms with Crippen LogP contribution in [0.15, 0.2) is 0 Å². The smallest absolute Gasteiger partial charge is 1.00 e. The van der Waals surface area contributed by atoms with E-state index in [1.165, 1.54) is 0 Å². The van der Waals surface area contributed by atoms with Crippen molar-refractivity contribution in [1.82, 2.24) is 4.90 Å². The summed E-state index contributed by atoms with van der Waals surface area (Å²) in [5.74, 6) is 0. The molecule has 0 fully saturated rings. The van der Waals surface area contributed by atoms with Crippen LogP contribution in [0.2, 0.25) is 0 Å². The van der Waals surface area contributed by atoms with Crippen molar-refractivity contribution < 1.29 is 24.0 Å². The molecule has 0 bridgehead atoms. The molecule has 46 valence electrons. The van der Waals surface area contributed by atoms with Gasteiger partial charge < -0.3 is 35.8 Å². The van der Waals surface area contributed by atoms with Crippen LogP contribution < -0.4 is 24.0 Å². The average molecular weight is 237 g/mol. The van der Waals surface area contributed by atoms with Gasteiger partial charge in [-0.25, -0.2) is 0 Å². The summed E-state index contributed by atoms with van der Waals surface area (Å²) in [6.07, 6.45) is 1.01. The molecule has 1 nitrogen and oxygen atoms in total. The second kappa shape index (κ2) is 11.3. The van der Waals surface area contributed by atoms with Crippen LogP contribution in [0, 0.1) is 6.92 Å². The Morgan fingerprint density at radius 3 is 1.75 bits per heavy atom. The largest absolute Gasteiger partial charge is 2.00 e. The van der Waals surface area contributed by atoms with Crippen molar-refractivity contribution in [1.29, 1.82) is 0 Å². The van der Waals surface area contributed by atoms with E-state index in [-0.39, 0.29) is 47.0 Å². The number of rotatable bonds is 2. The number of hydrogen-bond acceptors (Lipinski definition) is 1. The summed E-state index contributed by atoms with van der Waals surface area (Å²) >= 11 is 0. The summed E-state index contributed by atoms with van der Waals surface area (Å²) in [5.41, 5.74) is 0. The molecule has 0 aliphatic heterocycles. The molecule has 0 unspecified atom stereocenters. The fourth-order valence-corrected chi connectivity index (χ4v) is 0.316. The van der Waals surface area contributed by atoms with Gasteiger partial charge in [-0.1, -0.05) is 0 Å². The van der Waals surface area contributed by atoms with Crippen LogP contribution in [0.4, 0.5) is 0 Å². The zero-order chi connectivity index (χ0) is 4.99. The van der Waals surface area contributed by atoms with Gasteiger partial charge in [0, 0.05) is 0 Å². The quantitative estimate of drug-likeness (QED) is 0.289. The second-order valence-corrected chi connectivity index (χ2v) is 1.66. The first-order valence-electron chi connectivity index (χ1n) is 2.21. The number of nitrogens with zero attached hydrogens (tertiary/aromatic N) is 1. The molecule has 0 amide bonds. The van der Waals surface area contributed by atoms with Gasteiger partial charge in [0.25, 0.3) is 0 Å². The van der Waals surface area contributed by atoms with Crippen LogP contribution in [0.3, 0.4) is 0 Å². The molecule has 0 radical (unpaired) electrons. The normalized spacial score (nSPS) is 7.50. The van der Waals surface area contributed by atoms with E-state index in [0.29, 0.717) is 0 Å². The standard InChI is InChI=1S/C5H12N.HI.Mg/c1-4-5-6(2)3;;/h1,4-5H2,2-3H3;1H;/q-1;;+2/p-1. The molecule has 0 aliphatic rings. The molecule has 8 heavy (non-hydrogen) atoms. The molecule has 0 saturated heterocycles. The zero-order valence-electron chi connectivity index (χ0n) is 5.65. The first kappa shape index (κ1) is 16.2. The third kappa shape index (κ3) is 15.7. The van der Waals surface area contributed by atoms with E-state index < -0.39 is 0 Å². The van der Waals surface area contributed by atoms with Crippen LogP contribution in [-0.2, 0) is 0 Å². The van der Waals surface area contributed by atoms with Gasteiger partial charge in [0.05, 0.1) is 0 Å². The van der Waals surface area contributed by atoms with Gasteiger partial charge >= 0.3 is 23.1 Å². The van der Waals surface area contributed by atoms with E-state index in [1.807, 2.05) is 14.1 Å². The molecule has 0 aliphatic carbocycles. The fraction of sp³-hybridized carbons (Fsp3) is 0.800. The molecule has 0 atom stereocenters. The third-order valence-corrected chi connectivity index (χ3v) is 0.605. The Labute approximate surface area is 85.4 Å². The summed E-state index contributed by atoms with van der Waals surface area (Å²) in [7, 11) is 4.09. The van der Waals surface area contributed by atoms with E-state index in [4.69, 9.17) is 0 Å². The van der Waals surface area contributed by atoms with Gasteiger partial charge in [-0.05, 0) is 20.6 Å². The molecular formula is C5H12IMgN. The van der Waals surface area contributed by atoms with Gasteiger partial charge in [-0.15, -0.1) is 0 Å². The maximum absolute atomic E-state index is 3.68. The third-order valence-electron chi connectivity index (χ3n) is 0.605. The van der Waals surface area contributed by atoms with Crippen molar-refractivity contribution in [3.8, 4) is 0 Å². The Morgan fingerprint density at radius 1 is 1.38 bits per heavy atom. The van der Waals surface area contributed by atoms with Gasteiger partial charge in [0.2, 0.25) is 0 Å². The van der Waals surface area contributed by atoms with Crippen LogP contribution in [0.25, 0.3) is 0 Å². The summed E-state index contributed by atoms with van der Waals surface area (Å²) in [4.78, 5) is 2.12. The second-order valence-electron chi connectivity index (χ2n) is 1.66. The minimum Gasteiger partial charge on any atom is -1.00 e. The number of hydrogen-bond donors (Lipinski definition) is 0. The van der Waals surface area contributed by atoms with E-state index in [1.54, 1.807) is 0 Å². The summed E-state index contributed by atoms with van der Waals surface area (Å²) in [6.45, 7) is 4.78. The molecule has 0 spiro atoms. The first-order chi connectivity index (χ1) is 2.77. The van der Waals surface area contributed by atoms with Gasteiger partial charge in [0.1, 0.15) is 0 Å². The minimum absolute atomic E-state index is 0. The van der Waals surface area contributed by atoms with Crippen LogP contribution in [0.5, 0.6) is 0 Å². The van der Waals surface area contributed by atoms with Crippen LogP contribution >= 0.6 is 0 Å².